The van der Waals surface area contributed by atoms with E-state index in [0.29, 0.717) is 44.0 Å². The molecule has 0 radical (unpaired) electrons. The van der Waals surface area contributed by atoms with E-state index >= 15 is 0 Å². The van der Waals surface area contributed by atoms with Crippen molar-refractivity contribution in [2.45, 2.75) is 32.0 Å². The molecule has 0 aromatic heterocycles. The second-order valence-corrected chi connectivity index (χ2v) is 8.24. The van der Waals surface area contributed by atoms with Crippen LogP contribution in [-0.4, -0.2) is 80.3 Å². The van der Waals surface area contributed by atoms with Crippen LogP contribution in [0.1, 0.15) is 31.2 Å². The molecule has 1 saturated heterocycles. The molecule has 8 nitrogen and oxygen atoms in total. The second-order valence-electron chi connectivity index (χ2n) is 8.24. The van der Waals surface area contributed by atoms with E-state index in [0.717, 1.165) is 24.4 Å². The smallest absolute Gasteiger partial charge is 0.288 e. The van der Waals surface area contributed by atoms with Gasteiger partial charge in [-0.25, -0.2) is 0 Å². The molecule has 1 fully saturated rings. The molecule has 4 rings (SSSR count). The van der Waals surface area contributed by atoms with E-state index < -0.39 is 6.29 Å². The summed E-state index contributed by atoms with van der Waals surface area (Å²) < 4.78 is 23.1. The first kappa shape index (κ1) is 21.9. The molecule has 1 amide bonds. The van der Waals surface area contributed by atoms with Gasteiger partial charge in [-0.05, 0) is 50.6 Å². The van der Waals surface area contributed by atoms with E-state index in [1.807, 2.05) is 36.1 Å². The zero-order chi connectivity index (χ0) is 21.8. The van der Waals surface area contributed by atoms with E-state index in [1.54, 1.807) is 0 Å². The maximum Gasteiger partial charge on any atom is 0.288 e. The van der Waals surface area contributed by atoms with Crippen molar-refractivity contribution in [3.8, 4) is 11.5 Å². The number of nitrogens with zero attached hydrogens (tertiary/aromatic N) is 2. The zero-order valence-electron chi connectivity index (χ0n) is 18.3. The van der Waals surface area contributed by atoms with Gasteiger partial charge in [0.2, 0.25) is 13.1 Å². The molecule has 3 aliphatic heterocycles. The SMILES string of the molecule is CCO[C@@H]1OC(C(=O)N2CCN(C)CC2)=C[C@H](c2ccc3c(c2)OCO3)[C@H]1CCCO. The average Bonchev–Trinajstić information content (AvgIpc) is 3.26. The summed E-state index contributed by atoms with van der Waals surface area (Å²) in [6, 6.07) is 5.89. The van der Waals surface area contributed by atoms with E-state index in [9.17, 15) is 9.90 Å². The topological polar surface area (TPSA) is 80.7 Å². The van der Waals surface area contributed by atoms with Gasteiger partial charge in [0.15, 0.2) is 17.3 Å². The van der Waals surface area contributed by atoms with Crippen LogP contribution in [0, 0.1) is 5.92 Å². The molecular formula is C23H32N2O6. The molecule has 0 spiro atoms. The largest absolute Gasteiger partial charge is 0.459 e. The highest BCUT2D eigenvalue weighted by molar-refractivity contribution is 5.92. The third-order valence-electron chi connectivity index (χ3n) is 6.19. The van der Waals surface area contributed by atoms with Crippen molar-refractivity contribution in [2.75, 3.05) is 53.2 Å². The Balaban J connectivity index is 1.65. The highest BCUT2D eigenvalue weighted by Crippen LogP contribution is 2.43. The van der Waals surface area contributed by atoms with Gasteiger partial charge >= 0.3 is 0 Å². The van der Waals surface area contributed by atoms with Gasteiger partial charge in [0.05, 0.1) is 0 Å². The highest BCUT2D eigenvalue weighted by Gasteiger charge is 2.39. The van der Waals surface area contributed by atoms with Crippen LogP contribution in [0.15, 0.2) is 30.0 Å². The second kappa shape index (κ2) is 9.89. The first-order valence-corrected chi connectivity index (χ1v) is 11.1. The van der Waals surface area contributed by atoms with Crippen molar-refractivity contribution in [3.05, 3.63) is 35.6 Å². The van der Waals surface area contributed by atoms with E-state index in [2.05, 4.69) is 11.9 Å². The van der Waals surface area contributed by atoms with E-state index in [-0.39, 0.29) is 31.1 Å². The molecule has 1 aromatic rings. The number of benzene rings is 1. The minimum absolute atomic E-state index is 0.0310. The number of amides is 1. The van der Waals surface area contributed by atoms with Gasteiger partial charge in [-0.2, -0.15) is 0 Å². The monoisotopic (exact) mass is 432 g/mol. The number of fused-ring (bicyclic) bond motifs is 1. The van der Waals surface area contributed by atoms with Crippen molar-refractivity contribution in [1.29, 1.82) is 0 Å². The van der Waals surface area contributed by atoms with Gasteiger partial charge in [-0.15, -0.1) is 0 Å². The number of carbonyl (C=O) groups excluding carboxylic acids is 1. The number of carbonyl (C=O) groups is 1. The van der Waals surface area contributed by atoms with Gasteiger partial charge in [-0.3, -0.25) is 4.79 Å². The van der Waals surface area contributed by atoms with Crippen LogP contribution in [0.5, 0.6) is 11.5 Å². The average molecular weight is 433 g/mol. The first-order chi connectivity index (χ1) is 15.1. The first-order valence-electron chi connectivity index (χ1n) is 11.1. The van der Waals surface area contributed by atoms with Crippen molar-refractivity contribution >= 4 is 5.91 Å². The number of likely N-dealkylation sites (N-methyl/N-ethyl adjacent to an activating group) is 1. The van der Waals surface area contributed by atoms with Crippen LogP contribution in [-0.2, 0) is 14.3 Å². The molecule has 3 aliphatic rings. The summed E-state index contributed by atoms with van der Waals surface area (Å²) in [7, 11) is 2.06. The number of hydrogen-bond donors (Lipinski definition) is 1. The number of aliphatic hydroxyl groups is 1. The summed E-state index contributed by atoms with van der Waals surface area (Å²) in [6.07, 6.45) is 2.72. The molecule has 0 aliphatic carbocycles. The van der Waals surface area contributed by atoms with Gasteiger partial charge < -0.3 is 33.9 Å². The van der Waals surface area contributed by atoms with Gasteiger partial charge in [0.25, 0.3) is 5.91 Å². The molecule has 31 heavy (non-hydrogen) atoms. The quantitative estimate of drug-likeness (QED) is 0.705. The molecule has 3 heterocycles. The Morgan fingerprint density at radius 1 is 1.19 bits per heavy atom. The van der Waals surface area contributed by atoms with Gasteiger partial charge in [-0.1, -0.05) is 6.07 Å². The molecule has 170 valence electrons. The van der Waals surface area contributed by atoms with Crippen LogP contribution in [0.4, 0.5) is 0 Å². The van der Waals surface area contributed by atoms with Gasteiger partial charge in [0.1, 0.15) is 0 Å². The number of rotatable bonds is 7. The highest BCUT2D eigenvalue weighted by atomic mass is 16.7. The van der Waals surface area contributed by atoms with Crippen molar-refractivity contribution in [2.24, 2.45) is 5.92 Å². The number of ether oxygens (including phenoxy) is 4. The predicted octanol–water partition coefficient (Wildman–Crippen LogP) is 1.94. The molecule has 0 saturated carbocycles. The van der Waals surface area contributed by atoms with Crippen molar-refractivity contribution in [3.63, 3.8) is 0 Å². The Labute approximate surface area is 183 Å². The number of allylic oxidation sites excluding steroid dienone is 1. The fourth-order valence-electron chi connectivity index (χ4n) is 4.42. The van der Waals surface area contributed by atoms with E-state index in [4.69, 9.17) is 18.9 Å². The number of aliphatic hydroxyl groups excluding tert-OH is 1. The van der Waals surface area contributed by atoms with Crippen molar-refractivity contribution < 1.29 is 28.8 Å². The molecule has 1 aromatic carbocycles. The lowest BCUT2D eigenvalue weighted by molar-refractivity contribution is -0.170. The predicted molar refractivity (Wildman–Crippen MR) is 114 cm³/mol. The lowest BCUT2D eigenvalue weighted by atomic mass is 9.80. The molecule has 8 heteroatoms. The normalized spacial score (nSPS) is 25.8. The Morgan fingerprint density at radius 3 is 2.71 bits per heavy atom. The van der Waals surface area contributed by atoms with Crippen LogP contribution < -0.4 is 9.47 Å². The fraction of sp³-hybridized carbons (Fsp3) is 0.609. The Morgan fingerprint density at radius 2 is 1.97 bits per heavy atom. The number of hydrogen-bond acceptors (Lipinski definition) is 7. The van der Waals surface area contributed by atoms with Crippen LogP contribution in [0.25, 0.3) is 0 Å². The van der Waals surface area contributed by atoms with Crippen molar-refractivity contribution in [1.82, 2.24) is 9.80 Å². The molecule has 0 bridgehead atoms. The third kappa shape index (κ3) is 4.81. The summed E-state index contributed by atoms with van der Waals surface area (Å²) >= 11 is 0. The fourth-order valence-corrected chi connectivity index (χ4v) is 4.42. The van der Waals surface area contributed by atoms with Crippen LogP contribution in [0.2, 0.25) is 0 Å². The summed E-state index contributed by atoms with van der Waals surface area (Å²) in [5, 5.41) is 9.43. The lowest BCUT2D eigenvalue weighted by Crippen LogP contribution is -2.49. The zero-order valence-corrected chi connectivity index (χ0v) is 18.3. The minimum atomic E-state index is -0.552. The standard InChI is InChI=1S/C23H32N2O6/c1-3-28-23-17(5-4-12-26)18(16-6-7-19-20(13-16)30-15-29-19)14-21(31-23)22(27)25-10-8-24(2)9-11-25/h6-7,13-14,17-18,23,26H,3-5,8-12,15H2,1-2H3/t17-,18-,23-/m1/s1. The maximum absolute atomic E-state index is 13.3. The Hall–Kier alpha value is -2.29. The van der Waals surface area contributed by atoms with Crippen LogP contribution >= 0.6 is 0 Å². The molecule has 0 unspecified atom stereocenters. The summed E-state index contributed by atoms with van der Waals surface area (Å²) in [5.41, 5.74) is 1.02. The molecular weight excluding hydrogens is 400 g/mol. The molecule has 3 atom stereocenters. The van der Waals surface area contributed by atoms with Gasteiger partial charge in [0, 0.05) is 51.2 Å². The Bertz CT molecular complexity index is 805. The molecule has 1 N–H and O–H groups in total. The lowest BCUT2D eigenvalue weighted by Gasteiger charge is -2.39. The van der Waals surface area contributed by atoms with E-state index in [1.165, 1.54) is 0 Å². The maximum atomic E-state index is 13.3. The minimum Gasteiger partial charge on any atom is -0.459 e. The Kier molecular flexibility index (Phi) is 6.99. The third-order valence-corrected chi connectivity index (χ3v) is 6.19. The summed E-state index contributed by atoms with van der Waals surface area (Å²) in [5.74, 6) is 1.55. The summed E-state index contributed by atoms with van der Waals surface area (Å²) in [6.45, 7) is 5.75. The van der Waals surface area contributed by atoms with Crippen LogP contribution in [0.3, 0.4) is 0 Å². The number of piperazine rings is 1. The summed E-state index contributed by atoms with van der Waals surface area (Å²) in [4.78, 5) is 17.3.